The Labute approximate surface area is 188 Å². The Morgan fingerprint density at radius 3 is 2.44 bits per heavy atom. The van der Waals surface area contributed by atoms with Crippen molar-refractivity contribution in [3.05, 3.63) is 71.5 Å². The summed E-state index contributed by atoms with van der Waals surface area (Å²) in [6.45, 7) is 3.10. The molecule has 0 radical (unpaired) electrons. The lowest BCUT2D eigenvalue weighted by Gasteiger charge is -2.32. The third-order valence-electron chi connectivity index (χ3n) is 5.91. The van der Waals surface area contributed by atoms with Crippen molar-refractivity contribution in [3.63, 3.8) is 0 Å². The molecule has 2 aromatic carbocycles. The summed E-state index contributed by atoms with van der Waals surface area (Å²) >= 11 is 0. The zero-order valence-electron chi connectivity index (χ0n) is 18.2. The van der Waals surface area contributed by atoms with Crippen LogP contribution in [0.4, 0.5) is 11.4 Å². The molecule has 1 aliphatic heterocycles. The number of carbonyl (C=O) groups excluding carboxylic acids is 1. The standard InChI is InChI=1S/C23H27N5O3S/c1-16-3-4-19(13-22(16)26-32(30,31)21-14-25-27(2)15-21)23(29)28-11-9-18(10-12-28)17-5-7-20(24)8-6-17/h3-8,13-15,18,26H,9-12,24H2,1-2H3. The van der Waals surface area contributed by atoms with Crippen LogP contribution in [0.5, 0.6) is 0 Å². The number of nitrogens with zero attached hydrogens (tertiary/aromatic N) is 3. The van der Waals surface area contributed by atoms with Crippen LogP contribution in [-0.2, 0) is 17.1 Å². The Morgan fingerprint density at radius 2 is 1.81 bits per heavy atom. The van der Waals surface area contributed by atoms with Gasteiger partial charge < -0.3 is 10.6 Å². The first kappa shape index (κ1) is 21.9. The Balaban J connectivity index is 1.46. The normalized spacial score (nSPS) is 15.0. The highest BCUT2D eigenvalue weighted by Crippen LogP contribution is 2.30. The second-order valence-corrected chi connectivity index (χ2v) is 9.90. The topological polar surface area (TPSA) is 110 Å². The molecule has 1 aromatic heterocycles. The molecule has 1 fully saturated rings. The Kier molecular flexibility index (Phi) is 5.92. The lowest BCUT2D eigenvalue weighted by Crippen LogP contribution is -2.38. The second kappa shape index (κ2) is 8.66. The highest BCUT2D eigenvalue weighted by Gasteiger charge is 2.25. The fourth-order valence-corrected chi connectivity index (χ4v) is 5.08. The summed E-state index contributed by atoms with van der Waals surface area (Å²) in [6, 6.07) is 13.0. The lowest BCUT2D eigenvalue weighted by molar-refractivity contribution is 0.0713. The van der Waals surface area contributed by atoms with Crippen LogP contribution in [0.15, 0.2) is 59.8 Å². The summed E-state index contributed by atoms with van der Waals surface area (Å²) in [7, 11) is -2.14. The maximum Gasteiger partial charge on any atom is 0.265 e. The van der Waals surface area contributed by atoms with Gasteiger partial charge in [-0.1, -0.05) is 18.2 Å². The minimum atomic E-state index is -3.79. The van der Waals surface area contributed by atoms with E-state index in [9.17, 15) is 13.2 Å². The summed E-state index contributed by atoms with van der Waals surface area (Å²) in [4.78, 5) is 15.0. The van der Waals surface area contributed by atoms with Gasteiger partial charge in [0.15, 0.2) is 0 Å². The second-order valence-electron chi connectivity index (χ2n) is 8.22. The number of aromatic nitrogens is 2. The van der Waals surface area contributed by atoms with Crippen LogP contribution in [0.2, 0.25) is 0 Å². The van der Waals surface area contributed by atoms with E-state index >= 15 is 0 Å². The van der Waals surface area contributed by atoms with Crippen molar-refractivity contribution in [3.8, 4) is 0 Å². The molecular formula is C23H27N5O3S. The van der Waals surface area contributed by atoms with E-state index in [1.54, 1.807) is 32.2 Å². The number of nitrogens with two attached hydrogens (primary N) is 1. The zero-order chi connectivity index (χ0) is 22.9. The average molecular weight is 454 g/mol. The summed E-state index contributed by atoms with van der Waals surface area (Å²) in [6.07, 6.45) is 4.47. The maximum absolute atomic E-state index is 13.1. The number of carbonyl (C=O) groups is 1. The number of nitrogen functional groups attached to an aromatic ring is 1. The highest BCUT2D eigenvalue weighted by atomic mass is 32.2. The molecule has 32 heavy (non-hydrogen) atoms. The zero-order valence-corrected chi connectivity index (χ0v) is 19.0. The quantitative estimate of drug-likeness (QED) is 0.577. The van der Waals surface area contributed by atoms with Crippen molar-refractivity contribution in [1.82, 2.24) is 14.7 Å². The molecule has 4 rings (SSSR count). The summed E-state index contributed by atoms with van der Waals surface area (Å²) in [5.41, 5.74) is 9.35. The van der Waals surface area contributed by atoms with Gasteiger partial charge in [-0.05, 0) is 61.1 Å². The van der Waals surface area contributed by atoms with Crippen LogP contribution >= 0.6 is 0 Å². The van der Waals surface area contributed by atoms with Crippen molar-refractivity contribution >= 4 is 27.3 Å². The number of sulfonamides is 1. The number of likely N-dealkylation sites (tertiary alicyclic amines) is 1. The number of anilines is 2. The Morgan fingerprint density at radius 1 is 1.12 bits per heavy atom. The number of amides is 1. The molecule has 168 valence electrons. The van der Waals surface area contributed by atoms with Crippen molar-refractivity contribution in [2.45, 2.75) is 30.6 Å². The first-order chi connectivity index (χ1) is 15.2. The molecule has 2 heterocycles. The molecule has 8 nitrogen and oxygen atoms in total. The molecule has 3 aromatic rings. The predicted molar refractivity (Wildman–Crippen MR) is 124 cm³/mol. The van der Waals surface area contributed by atoms with Gasteiger partial charge in [-0.3, -0.25) is 14.2 Å². The van der Waals surface area contributed by atoms with Crippen molar-refractivity contribution in [1.29, 1.82) is 0 Å². The fourth-order valence-electron chi connectivity index (χ4n) is 3.97. The molecule has 0 bridgehead atoms. The number of aryl methyl sites for hydroxylation is 2. The van der Waals surface area contributed by atoms with Gasteiger partial charge in [-0.2, -0.15) is 5.10 Å². The van der Waals surface area contributed by atoms with Crippen LogP contribution in [0.1, 0.15) is 40.2 Å². The third-order valence-corrected chi connectivity index (χ3v) is 7.23. The van der Waals surface area contributed by atoms with Gasteiger partial charge in [0.25, 0.3) is 15.9 Å². The molecule has 3 N–H and O–H groups in total. The van der Waals surface area contributed by atoms with Crippen LogP contribution < -0.4 is 10.5 Å². The van der Waals surface area contributed by atoms with E-state index in [1.807, 2.05) is 17.0 Å². The van der Waals surface area contributed by atoms with E-state index in [2.05, 4.69) is 22.0 Å². The number of piperidine rings is 1. The van der Waals surface area contributed by atoms with Crippen molar-refractivity contribution in [2.24, 2.45) is 7.05 Å². The van der Waals surface area contributed by atoms with Gasteiger partial charge in [0, 0.05) is 37.6 Å². The van der Waals surface area contributed by atoms with Gasteiger partial charge in [0.2, 0.25) is 0 Å². The predicted octanol–water partition coefficient (Wildman–Crippen LogP) is 3.13. The van der Waals surface area contributed by atoms with Gasteiger partial charge in [0.1, 0.15) is 4.90 Å². The summed E-state index contributed by atoms with van der Waals surface area (Å²) in [5.74, 6) is 0.308. The average Bonchev–Trinajstić information content (AvgIpc) is 3.23. The lowest BCUT2D eigenvalue weighted by atomic mass is 9.89. The van der Waals surface area contributed by atoms with E-state index in [0.29, 0.717) is 30.3 Å². The summed E-state index contributed by atoms with van der Waals surface area (Å²) < 4.78 is 29.4. The fraction of sp³-hybridized carbons (Fsp3) is 0.304. The van der Waals surface area contributed by atoms with Gasteiger partial charge >= 0.3 is 0 Å². The Bertz CT molecular complexity index is 1230. The van der Waals surface area contributed by atoms with E-state index in [4.69, 9.17) is 5.73 Å². The Hall–Kier alpha value is -3.33. The number of hydrogen-bond donors (Lipinski definition) is 2. The monoisotopic (exact) mass is 453 g/mol. The van der Waals surface area contributed by atoms with Crippen molar-refractivity contribution < 1.29 is 13.2 Å². The number of benzene rings is 2. The smallest absolute Gasteiger partial charge is 0.265 e. The first-order valence-electron chi connectivity index (χ1n) is 10.5. The van der Waals surface area contributed by atoms with Crippen LogP contribution in [0, 0.1) is 6.92 Å². The molecular weight excluding hydrogens is 426 g/mol. The van der Waals surface area contributed by atoms with Crippen molar-refractivity contribution in [2.75, 3.05) is 23.5 Å². The number of nitrogens with one attached hydrogen (secondary N) is 1. The van der Waals surface area contributed by atoms with Crippen LogP contribution in [0.3, 0.4) is 0 Å². The first-order valence-corrected chi connectivity index (χ1v) is 12.0. The number of hydrogen-bond acceptors (Lipinski definition) is 5. The molecule has 0 aliphatic carbocycles. The molecule has 1 aliphatic rings. The molecule has 0 unspecified atom stereocenters. The maximum atomic E-state index is 13.1. The molecule has 0 spiro atoms. The largest absolute Gasteiger partial charge is 0.399 e. The SMILES string of the molecule is Cc1ccc(C(=O)N2CCC(c3ccc(N)cc3)CC2)cc1NS(=O)(=O)c1cnn(C)c1. The third kappa shape index (κ3) is 4.62. The van der Waals surface area contributed by atoms with E-state index < -0.39 is 10.0 Å². The van der Waals surface area contributed by atoms with Crippen LogP contribution in [-0.4, -0.2) is 42.1 Å². The summed E-state index contributed by atoms with van der Waals surface area (Å²) in [5, 5.41) is 3.92. The van der Waals surface area contributed by atoms with Gasteiger partial charge in [-0.15, -0.1) is 0 Å². The molecule has 1 saturated heterocycles. The minimum absolute atomic E-state index is 0.0703. The molecule has 0 atom stereocenters. The van der Waals surface area contributed by atoms with E-state index in [-0.39, 0.29) is 10.8 Å². The van der Waals surface area contributed by atoms with E-state index in [0.717, 1.165) is 24.1 Å². The molecule has 0 saturated carbocycles. The van der Waals surface area contributed by atoms with Crippen LogP contribution in [0.25, 0.3) is 0 Å². The minimum Gasteiger partial charge on any atom is -0.399 e. The van der Waals surface area contributed by atoms with E-state index in [1.165, 1.54) is 22.6 Å². The molecule has 1 amide bonds. The highest BCUT2D eigenvalue weighted by molar-refractivity contribution is 7.92. The van der Waals surface area contributed by atoms with Gasteiger partial charge in [0.05, 0.1) is 11.9 Å². The number of rotatable bonds is 5. The van der Waals surface area contributed by atoms with Gasteiger partial charge in [-0.25, -0.2) is 8.42 Å². The molecule has 9 heteroatoms.